The Hall–Kier alpha value is -2.83. The number of esters is 1. The number of likely N-dealkylation sites (tertiary alicyclic amines) is 1. The summed E-state index contributed by atoms with van der Waals surface area (Å²) in [6.07, 6.45) is 1.33. The van der Waals surface area contributed by atoms with Gasteiger partial charge in [0.1, 0.15) is 10.5 Å². The van der Waals surface area contributed by atoms with Crippen molar-refractivity contribution in [1.82, 2.24) is 9.80 Å². The molecule has 2 aliphatic heterocycles. The van der Waals surface area contributed by atoms with E-state index in [0.29, 0.717) is 54.5 Å². The van der Waals surface area contributed by atoms with Crippen LogP contribution in [0.5, 0.6) is 5.75 Å². The van der Waals surface area contributed by atoms with Crippen LogP contribution >= 0.6 is 27.3 Å². The van der Waals surface area contributed by atoms with Gasteiger partial charge in [-0.1, -0.05) is 12.1 Å². The van der Waals surface area contributed by atoms with Gasteiger partial charge in [-0.15, -0.1) is 11.3 Å². The van der Waals surface area contributed by atoms with Gasteiger partial charge in [0.05, 0.1) is 29.7 Å². The van der Waals surface area contributed by atoms with E-state index < -0.39 is 11.6 Å². The Morgan fingerprint density at radius 3 is 2.45 bits per heavy atom. The van der Waals surface area contributed by atoms with Crippen LogP contribution in [0.15, 0.2) is 28.7 Å². The van der Waals surface area contributed by atoms with Crippen molar-refractivity contribution in [3.63, 3.8) is 0 Å². The van der Waals surface area contributed by atoms with Crippen molar-refractivity contribution in [2.24, 2.45) is 0 Å². The van der Waals surface area contributed by atoms with Gasteiger partial charge in [0.25, 0.3) is 5.91 Å². The van der Waals surface area contributed by atoms with Crippen LogP contribution in [-0.4, -0.2) is 92.5 Å². The van der Waals surface area contributed by atoms with Crippen LogP contribution in [0.1, 0.15) is 43.3 Å². The number of amides is 2. The number of methoxy groups -OCH3 is 1. The molecule has 0 aliphatic carbocycles. The zero-order chi connectivity index (χ0) is 28.9. The molecule has 2 saturated heterocycles. The van der Waals surface area contributed by atoms with E-state index >= 15 is 0 Å². The van der Waals surface area contributed by atoms with Crippen molar-refractivity contribution in [3.05, 3.63) is 33.6 Å². The molecule has 2 fully saturated rings. The summed E-state index contributed by atoms with van der Waals surface area (Å²) in [6, 6.07) is 8.17. The number of carbonyl (C=O) groups excluding carboxylic acids is 3. The predicted molar refractivity (Wildman–Crippen MR) is 156 cm³/mol. The molecule has 2 aliphatic rings. The van der Waals surface area contributed by atoms with Crippen LogP contribution in [0.25, 0.3) is 10.4 Å². The van der Waals surface area contributed by atoms with Crippen LogP contribution in [0, 0.1) is 0 Å². The van der Waals surface area contributed by atoms with Crippen LogP contribution < -0.4 is 10.1 Å². The van der Waals surface area contributed by atoms with Crippen molar-refractivity contribution in [2.45, 2.75) is 45.3 Å². The number of piperidine rings is 1. The summed E-state index contributed by atoms with van der Waals surface area (Å²) < 4.78 is 22.0. The topological polar surface area (TPSA) is 107 Å². The second-order valence-corrected chi connectivity index (χ2v) is 12.5. The van der Waals surface area contributed by atoms with Crippen molar-refractivity contribution in [2.75, 3.05) is 58.4 Å². The number of hydrogen-bond acceptors (Lipinski definition) is 9. The molecule has 3 heterocycles. The van der Waals surface area contributed by atoms with Gasteiger partial charge in [-0.25, -0.2) is 9.59 Å². The van der Waals surface area contributed by atoms with Crippen LogP contribution in [0.4, 0.5) is 10.5 Å². The highest BCUT2D eigenvalue weighted by molar-refractivity contribution is 9.10. The first kappa shape index (κ1) is 30.1. The number of rotatable bonds is 7. The van der Waals surface area contributed by atoms with Crippen LogP contribution in [0.2, 0.25) is 0 Å². The number of nitrogens with one attached hydrogen (secondary N) is 1. The molecule has 0 saturated carbocycles. The van der Waals surface area contributed by atoms with Crippen molar-refractivity contribution in [1.29, 1.82) is 0 Å². The van der Waals surface area contributed by atoms with Crippen LogP contribution in [0.3, 0.4) is 0 Å². The van der Waals surface area contributed by atoms with Crippen molar-refractivity contribution >= 4 is 50.9 Å². The van der Waals surface area contributed by atoms with E-state index in [-0.39, 0.29) is 24.6 Å². The Kier molecular flexibility index (Phi) is 9.96. The molecule has 218 valence electrons. The molecule has 1 aromatic carbocycles. The number of benzene rings is 1. The summed E-state index contributed by atoms with van der Waals surface area (Å²) in [5.41, 5.74) is 1.32. The minimum absolute atomic E-state index is 0.161. The average molecular weight is 639 g/mol. The first-order valence-corrected chi connectivity index (χ1v) is 14.9. The highest BCUT2D eigenvalue weighted by Crippen LogP contribution is 2.46. The predicted octanol–water partition coefficient (Wildman–Crippen LogP) is 5.01. The summed E-state index contributed by atoms with van der Waals surface area (Å²) in [7, 11) is 1.29. The molecule has 1 aromatic heterocycles. The largest absolute Gasteiger partial charge is 0.479 e. The van der Waals surface area contributed by atoms with Gasteiger partial charge in [0.2, 0.25) is 0 Å². The molecule has 0 unspecified atom stereocenters. The molecule has 2 aromatic rings. The summed E-state index contributed by atoms with van der Waals surface area (Å²) >= 11 is 4.96. The number of carbonyl (C=O) groups is 3. The second-order valence-electron chi connectivity index (χ2n) is 10.6. The summed E-state index contributed by atoms with van der Waals surface area (Å²) in [6.45, 7) is 8.49. The molecule has 0 atom stereocenters. The standard InChI is InChI=1S/C28H36BrN3O7S/c1-28(2,3)39-27(35)32-10-8-19(9-11-32)30-20-7-5-6-18(16-20)24-22(29)23(38-17-21(33)36-4)25(40-24)26(34)31-12-14-37-15-13-31/h5-7,16,19,30H,8-15,17H2,1-4H3. The van der Waals surface area contributed by atoms with E-state index in [1.54, 1.807) is 9.80 Å². The molecule has 2 amide bonds. The fourth-order valence-corrected chi connectivity index (χ4v) is 6.49. The first-order valence-electron chi connectivity index (χ1n) is 13.3. The minimum Gasteiger partial charge on any atom is -0.479 e. The maximum absolute atomic E-state index is 13.4. The molecule has 1 N–H and O–H groups in total. The number of halogens is 1. The summed E-state index contributed by atoms with van der Waals surface area (Å²) in [4.78, 5) is 42.4. The lowest BCUT2D eigenvalue weighted by Gasteiger charge is -2.34. The maximum atomic E-state index is 13.4. The lowest BCUT2D eigenvalue weighted by Crippen LogP contribution is -2.44. The van der Waals surface area contributed by atoms with Crippen LogP contribution in [-0.2, 0) is 19.0 Å². The first-order chi connectivity index (χ1) is 19.1. The van der Waals surface area contributed by atoms with E-state index in [4.69, 9.17) is 18.9 Å². The zero-order valence-corrected chi connectivity index (χ0v) is 25.7. The zero-order valence-electron chi connectivity index (χ0n) is 23.3. The van der Waals surface area contributed by atoms with Crippen molar-refractivity contribution < 1.29 is 33.3 Å². The van der Waals surface area contributed by atoms with E-state index in [1.165, 1.54) is 18.4 Å². The monoisotopic (exact) mass is 637 g/mol. The van der Waals surface area contributed by atoms with E-state index in [0.717, 1.165) is 29.0 Å². The summed E-state index contributed by atoms with van der Waals surface area (Å²) in [5, 5.41) is 3.59. The molecule has 10 nitrogen and oxygen atoms in total. The Balaban J connectivity index is 1.50. The number of ether oxygens (including phenoxy) is 4. The fraction of sp³-hybridized carbons (Fsp3) is 0.536. The highest BCUT2D eigenvalue weighted by atomic mass is 79.9. The number of anilines is 1. The normalized spacial score (nSPS) is 16.4. The molecule has 0 spiro atoms. The Labute approximate surface area is 247 Å². The van der Waals surface area contributed by atoms with Gasteiger partial charge in [-0.3, -0.25) is 4.79 Å². The smallest absolute Gasteiger partial charge is 0.410 e. The highest BCUT2D eigenvalue weighted by Gasteiger charge is 2.30. The van der Waals surface area contributed by atoms with E-state index in [2.05, 4.69) is 21.2 Å². The SMILES string of the molecule is COC(=O)COc1c(C(=O)N2CCOCC2)sc(-c2cccc(NC3CCN(C(=O)OC(C)(C)C)CC3)c2)c1Br. The minimum atomic E-state index is -0.534. The lowest BCUT2D eigenvalue weighted by atomic mass is 10.0. The average Bonchev–Trinajstić information content (AvgIpc) is 3.27. The van der Waals surface area contributed by atoms with Gasteiger partial charge in [-0.2, -0.15) is 0 Å². The fourth-order valence-electron chi connectivity index (χ4n) is 4.47. The van der Waals surface area contributed by atoms with Gasteiger partial charge < -0.3 is 34.1 Å². The molecular formula is C28H36BrN3O7S. The quantitative estimate of drug-likeness (QED) is 0.422. The molecule has 0 radical (unpaired) electrons. The third kappa shape index (κ3) is 7.67. The van der Waals surface area contributed by atoms with Gasteiger partial charge in [0, 0.05) is 37.9 Å². The lowest BCUT2D eigenvalue weighted by molar-refractivity contribution is -0.142. The third-order valence-corrected chi connectivity index (χ3v) is 8.73. The number of nitrogens with zero attached hydrogens (tertiary/aromatic N) is 2. The molecule has 0 bridgehead atoms. The molecular weight excluding hydrogens is 602 g/mol. The van der Waals surface area contributed by atoms with Crippen molar-refractivity contribution in [3.8, 4) is 16.2 Å². The maximum Gasteiger partial charge on any atom is 0.410 e. The van der Waals surface area contributed by atoms with E-state index in [9.17, 15) is 14.4 Å². The second kappa shape index (κ2) is 13.2. The van der Waals surface area contributed by atoms with E-state index in [1.807, 2.05) is 45.0 Å². The number of hydrogen-bond donors (Lipinski definition) is 1. The third-order valence-electron chi connectivity index (χ3n) is 6.51. The van der Waals surface area contributed by atoms with Gasteiger partial charge in [-0.05, 0) is 67.2 Å². The number of morpholine rings is 1. The van der Waals surface area contributed by atoms with Gasteiger partial charge in [0.15, 0.2) is 12.4 Å². The Morgan fingerprint density at radius 2 is 1.80 bits per heavy atom. The molecule has 40 heavy (non-hydrogen) atoms. The summed E-state index contributed by atoms with van der Waals surface area (Å²) in [5.74, 6) is -0.366. The molecule has 4 rings (SSSR count). The van der Waals surface area contributed by atoms with Gasteiger partial charge >= 0.3 is 12.1 Å². The Bertz CT molecular complexity index is 1210. The number of thiophene rings is 1. The Morgan fingerprint density at radius 1 is 1.10 bits per heavy atom. The molecule has 12 heteroatoms.